The Hall–Kier alpha value is -2.36. The fourth-order valence-corrected chi connectivity index (χ4v) is 3.35. The molecular formula is C23H30N4O2. The first kappa shape index (κ1) is 19.9. The normalized spacial score (nSPS) is 21.2. The van der Waals surface area contributed by atoms with Crippen LogP contribution in [0.5, 0.6) is 0 Å². The van der Waals surface area contributed by atoms with Gasteiger partial charge in [-0.3, -0.25) is 4.99 Å². The Bertz CT molecular complexity index is 849. The lowest BCUT2D eigenvalue weighted by atomic mass is 10.0. The van der Waals surface area contributed by atoms with Crippen molar-refractivity contribution in [3.63, 3.8) is 0 Å². The summed E-state index contributed by atoms with van der Waals surface area (Å²) in [6.45, 7) is 4.83. The van der Waals surface area contributed by atoms with Crippen molar-refractivity contribution in [2.45, 2.75) is 45.4 Å². The van der Waals surface area contributed by atoms with Gasteiger partial charge in [0.1, 0.15) is 0 Å². The van der Waals surface area contributed by atoms with E-state index < -0.39 is 0 Å². The molecule has 2 saturated carbocycles. The average molecular weight is 395 g/mol. The Morgan fingerprint density at radius 3 is 2.69 bits per heavy atom. The van der Waals surface area contributed by atoms with Crippen molar-refractivity contribution in [1.29, 1.82) is 0 Å². The van der Waals surface area contributed by atoms with Gasteiger partial charge in [-0.2, -0.15) is 5.10 Å². The van der Waals surface area contributed by atoms with Crippen LogP contribution in [0, 0.1) is 30.1 Å². The van der Waals surface area contributed by atoms with Crippen molar-refractivity contribution in [2.75, 3.05) is 26.8 Å². The predicted molar refractivity (Wildman–Crippen MR) is 115 cm³/mol. The van der Waals surface area contributed by atoms with E-state index in [-0.39, 0.29) is 6.29 Å². The van der Waals surface area contributed by atoms with Gasteiger partial charge in [-0.05, 0) is 55.9 Å². The number of hydrogen-bond acceptors (Lipinski definition) is 5. The molecule has 3 fully saturated rings. The molecule has 154 valence electrons. The molecule has 0 radical (unpaired) electrons. The smallest absolute Gasteiger partial charge is 0.176 e. The first-order chi connectivity index (χ1) is 14.1. The molecule has 1 spiro atoms. The van der Waals surface area contributed by atoms with Gasteiger partial charge in [-0.1, -0.05) is 17.9 Å². The molecule has 6 nitrogen and oxygen atoms in total. The third kappa shape index (κ3) is 5.37. The zero-order chi connectivity index (χ0) is 20.3. The number of rotatable bonds is 5. The highest BCUT2D eigenvalue weighted by Gasteiger charge is 2.46. The second-order valence-electron chi connectivity index (χ2n) is 8.57. The molecule has 2 N–H and O–H groups in total. The lowest BCUT2D eigenvalue weighted by molar-refractivity contribution is -0.201. The van der Waals surface area contributed by atoms with Gasteiger partial charge in [0.15, 0.2) is 12.1 Å². The quantitative estimate of drug-likeness (QED) is 0.274. The maximum Gasteiger partial charge on any atom is 0.176 e. The van der Waals surface area contributed by atoms with Crippen LogP contribution in [0.15, 0.2) is 28.3 Å². The summed E-state index contributed by atoms with van der Waals surface area (Å²) < 4.78 is 11.5. The lowest BCUT2D eigenvalue weighted by Crippen LogP contribution is -2.35. The Labute approximate surface area is 173 Å². The van der Waals surface area contributed by atoms with Crippen molar-refractivity contribution in [2.24, 2.45) is 27.3 Å². The van der Waals surface area contributed by atoms with Crippen molar-refractivity contribution in [3.8, 4) is 11.8 Å². The summed E-state index contributed by atoms with van der Waals surface area (Å²) >= 11 is 0. The molecule has 1 aliphatic heterocycles. The van der Waals surface area contributed by atoms with Crippen molar-refractivity contribution < 1.29 is 9.47 Å². The molecule has 6 heteroatoms. The predicted octanol–water partition coefficient (Wildman–Crippen LogP) is 2.68. The summed E-state index contributed by atoms with van der Waals surface area (Å²) in [4.78, 5) is 6.42. The van der Waals surface area contributed by atoms with E-state index in [0.717, 1.165) is 18.8 Å². The monoisotopic (exact) mass is 394 g/mol. The number of amidine groups is 1. The summed E-state index contributed by atoms with van der Waals surface area (Å²) in [6, 6.07) is 6.37. The number of hydrogen-bond donors (Lipinski definition) is 1. The average Bonchev–Trinajstić information content (AvgIpc) is 3.64. The van der Waals surface area contributed by atoms with E-state index in [0.29, 0.717) is 30.3 Å². The number of nitrogens with two attached hydrogens (primary N) is 1. The molecule has 0 aromatic heterocycles. The lowest BCUT2D eigenvalue weighted by Gasteiger charge is -2.28. The van der Waals surface area contributed by atoms with E-state index in [9.17, 15) is 0 Å². The first-order valence-corrected chi connectivity index (χ1v) is 10.4. The van der Waals surface area contributed by atoms with Crippen LogP contribution in [-0.2, 0) is 16.0 Å². The first-order valence-electron chi connectivity index (χ1n) is 10.4. The molecule has 1 heterocycles. The van der Waals surface area contributed by atoms with E-state index in [1.807, 2.05) is 11.9 Å². The van der Waals surface area contributed by atoms with Gasteiger partial charge >= 0.3 is 0 Å². The molecule has 1 aromatic carbocycles. The molecule has 0 atom stereocenters. The number of aliphatic imine (C=N–C) groups is 1. The highest BCUT2D eigenvalue weighted by Crippen LogP contribution is 2.48. The summed E-state index contributed by atoms with van der Waals surface area (Å²) in [5.74, 6) is 13.4. The van der Waals surface area contributed by atoms with E-state index in [2.05, 4.69) is 47.1 Å². The Morgan fingerprint density at radius 1 is 1.31 bits per heavy atom. The zero-order valence-corrected chi connectivity index (χ0v) is 17.4. The van der Waals surface area contributed by atoms with Crippen LogP contribution in [0.3, 0.4) is 0 Å². The van der Waals surface area contributed by atoms with Crippen molar-refractivity contribution >= 4 is 12.1 Å². The molecule has 3 aliphatic rings. The minimum absolute atomic E-state index is 0.270. The fourth-order valence-electron chi connectivity index (χ4n) is 3.35. The van der Waals surface area contributed by atoms with Crippen LogP contribution in [0.25, 0.3) is 0 Å². The molecule has 0 amide bonds. The molecule has 1 saturated heterocycles. The maximum absolute atomic E-state index is 5.76. The molecule has 0 bridgehead atoms. The van der Waals surface area contributed by atoms with Gasteiger partial charge in [-0.25, -0.2) is 0 Å². The van der Waals surface area contributed by atoms with Gasteiger partial charge < -0.3 is 20.2 Å². The second-order valence-corrected chi connectivity index (χ2v) is 8.57. The molecule has 0 unspecified atom stereocenters. The van der Waals surface area contributed by atoms with E-state index in [1.165, 1.54) is 36.8 Å². The SMILES string of the molecule is Cc1cc(C#CC2CC2)ccc1CN(C)/C(C=NCC1OCC2(CC2)CO1)=N/N. The topological polar surface area (TPSA) is 72.4 Å². The van der Waals surface area contributed by atoms with Crippen LogP contribution in [0.4, 0.5) is 0 Å². The number of ether oxygens (including phenoxy) is 2. The van der Waals surface area contributed by atoms with Crippen LogP contribution < -0.4 is 5.84 Å². The van der Waals surface area contributed by atoms with E-state index >= 15 is 0 Å². The van der Waals surface area contributed by atoms with Gasteiger partial charge in [-0.15, -0.1) is 0 Å². The third-order valence-corrected chi connectivity index (χ3v) is 5.84. The van der Waals surface area contributed by atoms with Gasteiger partial charge in [0.25, 0.3) is 0 Å². The fraction of sp³-hybridized carbons (Fsp3) is 0.565. The van der Waals surface area contributed by atoms with Gasteiger partial charge in [0, 0.05) is 30.5 Å². The number of aryl methyl sites for hydroxylation is 1. The van der Waals surface area contributed by atoms with E-state index in [1.54, 1.807) is 6.21 Å². The largest absolute Gasteiger partial charge is 0.353 e. The van der Waals surface area contributed by atoms with Crippen molar-refractivity contribution in [3.05, 3.63) is 34.9 Å². The third-order valence-electron chi connectivity index (χ3n) is 5.84. The maximum atomic E-state index is 5.76. The second kappa shape index (κ2) is 8.56. The van der Waals surface area contributed by atoms with Crippen molar-refractivity contribution in [1.82, 2.24) is 4.90 Å². The van der Waals surface area contributed by atoms with Crippen LogP contribution >= 0.6 is 0 Å². The molecule has 2 aliphatic carbocycles. The minimum Gasteiger partial charge on any atom is -0.353 e. The molecule has 29 heavy (non-hydrogen) atoms. The highest BCUT2D eigenvalue weighted by atomic mass is 16.7. The summed E-state index contributed by atoms with van der Waals surface area (Å²) in [6.07, 6.45) is 6.35. The Balaban J connectivity index is 1.29. The Kier molecular flexibility index (Phi) is 5.89. The molecular weight excluding hydrogens is 364 g/mol. The summed E-state index contributed by atoms with van der Waals surface area (Å²) in [5.41, 5.74) is 3.82. The minimum atomic E-state index is -0.270. The van der Waals surface area contributed by atoms with Crippen LogP contribution in [-0.4, -0.2) is 50.0 Å². The molecule has 1 aromatic rings. The number of benzene rings is 1. The number of nitrogens with zero attached hydrogens (tertiary/aromatic N) is 3. The molecule has 4 rings (SSSR count). The van der Waals surface area contributed by atoms with Crippen LogP contribution in [0.1, 0.15) is 42.4 Å². The highest BCUT2D eigenvalue weighted by molar-refractivity contribution is 6.29. The summed E-state index contributed by atoms with van der Waals surface area (Å²) in [7, 11) is 1.96. The van der Waals surface area contributed by atoms with Gasteiger partial charge in [0.05, 0.1) is 26.0 Å². The van der Waals surface area contributed by atoms with E-state index in [4.69, 9.17) is 15.3 Å². The van der Waals surface area contributed by atoms with Crippen LogP contribution in [0.2, 0.25) is 0 Å². The summed E-state index contributed by atoms with van der Waals surface area (Å²) in [5, 5.41) is 3.89. The number of hydrazone groups is 1. The Morgan fingerprint density at radius 2 is 2.07 bits per heavy atom. The van der Waals surface area contributed by atoms with Gasteiger partial charge in [0.2, 0.25) is 0 Å². The zero-order valence-electron chi connectivity index (χ0n) is 17.4. The standard InChI is InChI=1S/C23H30N4O2/c1-17-11-19(6-5-18-3-4-18)7-8-20(17)14-27(2)21(26-24)12-25-13-22-28-15-23(9-10-23)16-29-22/h7-8,11-12,18,22H,3-4,9-10,13-16,24H2,1-2H3/b25-12?,26-21+.